The van der Waals surface area contributed by atoms with Crippen molar-refractivity contribution in [1.82, 2.24) is 4.98 Å². The maximum absolute atomic E-state index is 5.38. The lowest BCUT2D eigenvalue weighted by atomic mass is 10.4. The number of rotatable bonds is 1. The normalized spacial score (nSPS) is 10.6. The highest BCUT2D eigenvalue weighted by atomic mass is 79.9. The average Bonchev–Trinajstić information content (AvgIpc) is 2.61. The average molecular weight is 259 g/mol. The van der Waals surface area contributed by atoms with Gasteiger partial charge in [-0.2, -0.15) is 0 Å². The van der Waals surface area contributed by atoms with Crippen LogP contribution in [0.3, 0.4) is 0 Å². The molecular formula is C8H7BrN2OS. The molecule has 2 heterocycles. The molecule has 0 aliphatic rings. The molecule has 0 aliphatic heterocycles. The number of nitrogens with two attached hydrogens (primary N) is 1. The second-order valence-corrected chi connectivity index (χ2v) is 4.69. The molecular weight excluding hydrogens is 252 g/mol. The molecule has 2 rings (SSSR count). The largest absolute Gasteiger partial charge is 0.423 e. The number of halogens is 1. The number of aryl methyl sites for hydroxylation is 1. The van der Waals surface area contributed by atoms with Crippen LogP contribution in [0.5, 0.6) is 0 Å². The third-order valence-corrected chi connectivity index (χ3v) is 3.77. The first-order valence-electron chi connectivity index (χ1n) is 3.64. The van der Waals surface area contributed by atoms with Gasteiger partial charge in [0.25, 0.3) is 6.01 Å². The predicted molar refractivity (Wildman–Crippen MR) is 56.7 cm³/mol. The van der Waals surface area contributed by atoms with Crippen molar-refractivity contribution in [3.05, 3.63) is 21.6 Å². The maximum atomic E-state index is 5.38. The Morgan fingerprint density at radius 2 is 2.38 bits per heavy atom. The van der Waals surface area contributed by atoms with Crippen LogP contribution in [-0.4, -0.2) is 4.98 Å². The Hall–Kier alpha value is -0.810. The molecule has 0 saturated heterocycles. The van der Waals surface area contributed by atoms with Crippen molar-refractivity contribution in [2.75, 3.05) is 5.73 Å². The summed E-state index contributed by atoms with van der Waals surface area (Å²) >= 11 is 5.08. The van der Waals surface area contributed by atoms with Crippen LogP contribution >= 0.6 is 27.3 Å². The standard InChI is InChI=1S/C8H7BrN2OS/c1-4-5(9)2-7(13-4)6-3-11-8(10)12-6/h2-3H,1H3,(H2,10,11). The molecule has 0 unspecified atom stereocenters. The fourth-order valence-electron chi connectivity index (χ4n) is 0.983. The van der Waals surface area contributed by atoms with Gasteiger partial charge >= 0.3 is 0 Å². The van der Waals surface area contributed by atoms with Crippen LogP contribution in [0.25, 0.3) is 10.6 Å². The van der Waals surface area contributed by atoms with E-state index in [1.54, 1.807) is 17.5 Å². The Morgan fingerprint density at radius 1 is 1.62 bits per heavy atom. The van der Waals surface area contributed by atoms with Crippen molar-refractivity contribution in [2.24, 2.45) is 0 Å². The zero-order chi connectivity index (χ0) is 9.42. The van der Waals surface area contributed by atoms with Gasteiger partial charge in [0.2, 0.25) is 0 Å². The molecule has 2 aromatic rings. The van der Waals surface area contributed by atoms with E-state index in [0.717, 1.165) is 15.1 Å². The minimum atomic E-state index is 0.206. The summed E-state index contributed by atoms with van der Waals surface area (Å²) in [6, 6.07) is 2.21. The summed E-state index contributed by atoms with van der Waals surface area (Å²) in [5.74, 6) is 0.719. The molecule has 0 spiro atoms. The SMILES string of the molecule is Cc1sc(-c2cnc(N)o2)cc1Br. The van der Waals surface area contributed by atoms with E-state index in [-0.39, 0.29) is 6.01 Å². The fraction of sp³-hybridized carbons (Fsp3) is 0.125. The van der Waals surface area contributed by atoms with Crippen molar-refractivity contribution < 1.29 is 4.42 Å². The number of thiophene rings is 1. The second kappa shape index (κ2) is 3.16. The highest BCUT2D eigenvalue weighted by Gasteiger charge is 2.08. The molecule has 3 nitrogen and oxygen atoms in total. The first kappa shape index (κ1) is 8.77. The summed E-state index contributed by atoms with van der Waals surface area (Å²) in [6.07, 6.45) is 1.63. The molecule has 0 fully saturated rings. The minimum Gasteiger partial charge on any atom is -0.423 e. The van der Waals surface area contributed by atoms with Gasteiger partial charge in [-0.25, -0.2) is 4.98 Å². The molecule has 2 N–H and O–H groups in total. The Labute approximate surface area is 87.7 Å². The van der Waals surface area contributed by atoms with E-state index in [2.05, 4.69) is 20.9 Å². The van der Waals surface area contributed by atoms with Crippen LogP contribution in [0.4, 0.5) is 6.01 Å². The molecule has 2 aromatic heterocycles. The number of hydrogen-bond acceptors (Lipinski definition) is 4. The van der Waals surface area contributed by atoms with Gasteiger partial charge in [0.1, 0.15) is 0 Å². The molecule has 0 aliphatic carbocycles. The summed E-state index contributed by atoms with van der Waals surface area (Å²) < 4.78 is 6.28. The Kier molecular flexibility index (Phi) is 2.13. The van der Waals surface area contributed by atoms with Gasteiger partial charge in [0.15, 0.2) is 5.76 Å². The van der Waals surface area contributed by atoms with Crippen molar-refractivity contribution in [2.45, 2.75) is 6.92 Å². The second-order valence-electron chi connectivity index (χ2n) is 2.58. The molecule has 0 aromatic carbocycles. The monoisotopic (exact) mass is 258 g/mol. The Bertz CT molecular complexity index is 416. The lowest BCUT2D eigenvalue weighted by molar-refractivity contribution is 0.596. The minimum absolute atomic E-state index is 0.206. The van der Waals surface area contributed by atoms with Gasteiger partial charge in [0.05, 0.1) is 11.1 Å². The lowest BCUT2D eigenvalue weighted by Crippen LogP contribution is -1.79. The van der Waals surface area contributed by atoms with Gasteiger partial charge in [-0.15, -0.1) is 11.3 Å². The maximum Gasteiger partial charge on any atom is 0.292 e. The van der Waals surface area contributed by atoms with Gasteiger partial charge in [-0.1, -0.05) is 0 Å². The van der Waals surface area contributed by atoms with Crippen LogP contribution in [0.2, 0.25) is 0 Å². The van der Waals surface area contributed by atoms with E-state index < -0.39 is 0 Å². The molecule has 0 radical (unpaired) electrons. The quantitative estimate of drug-likeness (QED) is 0.856. The molecule has 68 valence electrons. The highest BCUT2D eigenvalue weighted by molar-refractivity contribution is 9.10. The lowest BCUT2D eigenvalue weighted by Gasteiger charge is -1.85. The summed E-state index contributed by atoms with van der Waals surface area (Å²) in [7, 11) is 0. The van der Waals surface area contributed by atoms with E-state index in [1.807, 2.05) is 13.0 Å². The third kappa shape index (κ3) is 1.62. The first-order valence-corrected chi connectivity index (χ1v) is 5.25. The van der Waals surface area contributed by atoms with Gasteiger partial charge in [0, 0.05) is 9.35 Å². The number of nitrogens with zero attached hydrogens (tertiary/aromatic N) is 1. The molecule has 13 heavy (non-hydrogen) atoms. The van der Waals surface area contributed by atoms with Crippen molar-refractivity contribution in [1.29, 1.82) is 0 Å². The van der Waals surface area contributed by atoms with Gasteiger partial charge < -0.3 is 10.2 Å². The van der Waals surface area contributed by atoms with E-state index in [1.165, 1.54) is 4.88 Å². The number of hydrogen-bond donors (Lipinski definition) is 1. The summed E-state index contributed by atoms with van der Waals surface area (Å²) in [5.41, 5.74) is 5.38. The summed E-state index contributed by atoms with van der Waals surface area (Å²) in [5, 5.41) is 0. The molecule has 0 bridgehead atoms. The zero-order valence-electron chi connectivity index (χ0n) is 6.87. The van der Waals surface area contributed by atoms with E-state index in [4.69, 9.17) is 10.2 Å². The fourth-order valence-corrected chi connectivity index (χ4v) is 2.46. The topological polar surface area (TPSA) is 52.0 Å². The van der Waals surface area contributed by atoms with Gasteiger partial charge in [-0.3, -0.25) is 0 Å². The molecule has 0 amide bonds. The van der Waals surface area contributed by atoms with Crippen LogP contribution in [-0.2, 0) is 0 Å². The van der Waals surface area contributed by atoms with Crippen LogP contribution in [0, 0.1) is 6.92 Å². The Balaban J connectivity index is 2.46. The third-order valence-electron chi connectivity index (χ3n) is 1.62. The Morgan fingerprint density at radius 3 is 2.85 bits per heavy atom. The van der Waals surface area contributed by atoms with E-state index in [9.17, 15) is 0 Å². The van der Waals surface area contributed by atoms with Gasteiger partial charge in [-0.05, 0) is 28.9 Å². The highest BCUT2D eigenvalue weighted by Crippen LogP contribution is 2.34. The van der Waals surface area contributed by atoms with Crippen LogP contribution < -0.4 is 5.73 Å². The van der Waals surface area contributed by atoms with Crippen molar-refractivity contribution >= 4 is 33.3 Å². The summed E-state index contributed by atoms with van der Waals surface area (Å²) in [6.45, 7) is 2.04. The van der Waals surface area contributed by atoms with Crippen molar-refractivity contribution in [3.8, 4) is 10.6 Å². The number of aromatic nitrogens is 1. The number of oxazole rings is 1. The van der Waals surface area contributed by atoms with Crippen LogP contribution in [0.1, 0.15) is 4.88 Å². The predicted octanol–water partition coefficient (Wildman–Crippen LogP) is 3.06. The van der Waals surface area contributed by atoms with E-state index in [0.29, 0.717) is 0 Å². The first-order chi connectivity index (χ1) is 6.16. The summed E-state index contributed by atoms with van der Waals surface area (Å²) in [4.78, 5) is 6.08. The smallest absolute Gasteiger partial charge is 0.292 e. The van der Waals surface area contributed by atoms with Crippen LogP contribution in [0.15, 0.2) is 21.2 Å². The molecule has 0 atom stereocenters. The molecule has 5 heteroatoms. The number of nitrogen functional groups attached to an aromatic ring is 1. The molecule has 0 saturated carbocycles. The van der Waals surface area contributed by atoms with E-state index >= 15 is 0 Å². The number of anilines is 1. The zero-order valence-corrected chi connectivity index (χ0v) is 9.28. The van der Waals surface area contributed by atoms with Crippen molar-refractivity contribution in [3.63, 3.8) is 0 Å².